The maximum atomic E-state index is 6.16. The second-order valence-corrected chi connectivity index (χ2v) is 4.56. The van der Waals surface area contributed by atoms with Crippen LogP contribution in [0.15, 0.2) is 36.4 Å². The van der Waals surface area contributed by atoms with E-state index in [1.807, 2.05) is 36.4 Å². The van der Waals surface area contributed by atoms with E-state index in [1.165, 1.54) is 0 Å². The quantitative estimate of drug-likeness (QED) is 0.800. The first-order valence-corrected chi connectivity index (χ1v) is 6.18. The molecule has 1 unspecified atom stereocenters. The fourth-order valence-electron chi connectivity index (χ4n) is 2.12. The van der Waals surface area contributed by atoms with Gasteiger partial charge in [-0.25, -0.2) is 0 Å². The minimum Gasteiger partial charge on any atom is -0.464 e. The SMILES string of the molecule is Clc1ccc(OC2CCCO2)c2ccccc12. The average molecular weight is 249 g/mol. The fraction of sp³-hybridized carbons (Fsp3) is 0.286. The van der Waals surface area contributed by atoms with Gasteiger partial charge in [0, 0.05) is 22.2 Å². The van der Waals surface area contributed by atoms with E-state index in [9.17, 15) is 0 Å². The first-order chi connectivity index (χ1) is 8.34. The molecule has 0 N–H and O–H groups in total. The van der Waals surface area contributed by atoms with Gasteiger partial charge < -0.3 is 9.47 Å². The lowest BCUT2D eigenvalue weighted by Gasteiger charge is -2.15. The molecule has 0 aliphatic carbocycles. The van der Waals surface area contributed by atoms with Gasteiger partial charge in [-0.2, -0.15) is 0 Å². The second-order valence-electron chi connectivity index (χ2n) is 4.15. The fourth-order valence-corrected chi connectivity index (χ4v) is 2.35. The van der Waals surface area contributed by atoms with Crippen molar-refractivity contribution in [2.45, 2.75) is 19.1 Å². The normalized spacial score (nSPS) is 19.7. The predicted molar refractivity (Wildman–Crippen MR) is 68.6 cm³/mol. The molecule has 0 radical (unpaired) electrons. The van der Waals surface area contributed by atoms with E-state index >= 15 is 0 Å². The first kappa shape index (κ1) is 10.9. The van der Waals surface area contributed by atoms with Gasteiger partial charge in [-0.15, -0.1) is 0 Å². The highest BCUT2D eigenvalue weighted by atomic mass is 35.5. The van der Waals surface area contributed by atoms with E-state index in [0.717, 1.165) is 41.0 Å². The van der Waals surface area contributed by atoms with Crippen LogP contribution < -0.4 is 4.74 Å². The van der Waals surface area contributed by atoms with E-state index in [1.54, 1.807) is 0 Å². The maximum Gasteiger partial charge on any atom is 0.199 e. The molecule has 2 aromatic carbocycles. The van der Waals surface area contributed by atoms with Gasteiger partial charge in [0.1, 0.15) is 5.75 Å². The molecule has 1 heterocycles. The molecule has 1 atom stereocenters. The predicted octanol–water partition coefficient (Wildman–Crippen LogP) is 4.01. The van der Waals surface area contributed by atoms with Crippen LogP contribution in [0.25, 0.3) is 10.8 Å². The third-order valence-corrected chi connectivity index (χ3v) is 3.31. The molecule has 17 heavy (non-hydrogen) atoms. The van der Waals surface area contributed by atoms with Gasteiger partial charge in [-0.05, 0) is 18.6 Å². The van der Waals surface area contributed by atoms with Crippen LogP contribution in [0.3, 0.4) is 0 Å². The van der Waals surface area contributed by atoms with E-state index in [2.05, 4.69) is 0 Å². The third-order valence-electron chi connectivity index (χ3n) is 2.98. The molecule has 0 saturated carbocycles. The monoisotopic (exact) mass is 248 g/mol. The smallest absolute Gasteiger partial charge is 0.199 e. The summed E-state index contributed by atoms with van der Waals surface area (Å²) < 4.78 is 11.3. The number of fused-ring (bicyclic) bond motifs is 1. The molecule has 0 amide bonds. The van der Waals surface area contributed by atoms with Crippen molar-refractivity contribution in [1.82, 2.24) is 0 Å². The molecule has 2 aromatic rings. The summed E-state index contributed by atoms with van der Waals surface area (Å²) in [5, 5.41) is 2.81. The standard InChI is InChI=1S/C14H13ClO2/c15-12-7-8-13(17-14-6-3-9-16-14)11-5-2-1-4-10(11)12/h1-2,4-5,7-8,14H,3,6,9H2. The van der Waals surface area contributed by atoms with Crippen molar-refractivity contribution in [1.29, 1.82) is 0 Å². The van der Waals surface area contributed by atoms with E-state index in [0.29, 0.717) is 0 Å². The Labute approximate surface area is 105 Å². The summed E-state index contributed by atoms with van der Waals surface area (Å²) >= 11 is 6.16. The molecular formula is C14H13ClO2. The molecular weight excluding hydrogens is 236 g/mol. The van der Waals surface area contributed by atoms with Crippen molar-refractivity contribution < 1.29 is 9.47 Å². The Morgan fingerprint density at radius 3 is 2.71 bits per heavy atom. The maximum absolute atomic E-state index is 6.16. The zero-order valence-corrected chi connectivity index (χ0v) is 10.1. The minimum atomic E-state index is -0.111. The molecule has 3 heteroatoms. The second kappa shape index (κ2) is 4.55. The highest BCUT2D eigenvalue weighted by Crippen LogP contribution is 2.32. The zero-order valence-electron chi connectivity index (χ0n) is 9.36. The number of ether oxygens (including phenoxy) is 2. The van der Waals surface area contributed by atoms with Crippen LogP contribution in [-0.2, 0) is 4.74 Å². The van der Waals surface area contributed by atoms with Crippen LogP contribution in [0.4, 0.5) is 0 Å². The average Bonchev–Trinajstić information content (AvgIpc) is 2.86. The summed E-state index contributed by atoms with van der Waals surface area (Å²) in [5.41, 5.74) is 0. The Kier molecular flexibility index (Phi) is 2.91. The Morgan fingerprint density at radius 1 is 1.12 bits per heavy atom. The number of rotatable bonds is 2. The van der Waals surface area contributed by atoms with E-state index in [-0.39, 0.29) is 6.29 Å². The third kappa shape index (κ3) is 2.11. The lowest BCUT2D eigenvalue weighted by Crippen LogP contribution is -2.14. The van der Waals surface area contributed by atoms with Crippen LogP contribution in [0.5, 0.6) is 5.75 Å². The molecule has 2 nitrogen and oxygen atoms in total. The molecule has 3 rings (SSSR count). The Hall–Kier alpha value is -1.25. The number of hydrogen-bond donors (Lipinski definition) is 0. The van der Waals surface area contributed by atoms with Gasteiger partial charge in [0.15, 0.2) is 6.29 Å². The minimum absolute atomic E-state index is 0.111. The van der Waals surface area contributed by atoms with Gasteiger partial charge in [0.05, 0.1) is 6.61 Å². The molecule has 1 aliphatic heterocycles. The molecule has 1 fully saturated rings. The first-order valence-electron chi connectivity index (χ1n) is 5.80. The zero-order chi connectivity index (χ0) is 11.7. The molecule has 0 aromatic heterocycles. The van der Waals surface area contributed by atoms with Crippen molar-refractivity contribution in [3.05, 3.63) is 41.4 Å². The summed E-state index contributed by atoms with van der Waals surface area (Å²) in [6.45, 7) is 0.788. The van der Waals surface area contributed by atoms with Crippen LogP contribution in [-0.4, -0.2) is 12.9 Å². The Morgan fingerprint density at radius 2 is 1.94 bits per heavy atom. The largest absolute Gasteiger partial charge is 0.464 e. The van der Waals surface area contributed by atoms with Crippen molar-refractivity contribution in [2.75, 3.05) is 6.61 Å². The number of benzene rings is 2. The summed E-state index contributed by atoms with van der Waals surface area (Å²) in [4.78, 5) is 0. The summed E-state index contributed by atoms with van der Waals surface area (Å²) in [7, 11) is 0. The van der Waals surface area contributed by atoms with Gasteiger partial charge in [-0.1, -0.05) is 35.9 Å². The van der Waals surface area contributed by atoms with E-state index in [4.69, 9.17) is 21.1 Å². The molecule has 0 spiro atoms. The highest BCUT2D eigenvalue weighted by Gasteiger charge is 2.18. The van der Waals surface area contributed by atoms with Crippen LogP contribution in [0, 0.1) is 0 Å². The molecule has 1 aliphatic rings. The summed E-state index contributed by atoms with van der Waals surface area (Å²) in [6.07, 6.45) is 1.91. The molecule has 0 bridgehead atoms. The van der Waals surface area contributed by atoms with Crippen molar-refractivity contribution >= 4 is 22.4 Å². The van der Waals surface area contributed by atoms with Crippen LogP contribution in [0.1, 0.15) is 12.8 Å². The Balaban J connectivity index is 2.01. The van der Waals surface area contributed by atoms with Crippen molar-refractivity contribution in [2.24, 2.45) is 0 Å². The van der Waals surface area contributed by atoms with E-state index < -0.39 is 0 Å². The van der Waals surface area contributed by atoms with Gasteiger partial charge in [0.2, 0.25) is 0 Å². The topological polar surface area (TPSA) is 18.5 Å². The highest BCUT2D eigenvalue weighted by molar-refractivity contribution is 6.35. The number of hydrogen-bond acceptors (Lipinski definition) is 2. The van der Waals surface area contributed by atoms with Gasteiger partial charge in [-0.3, -0.25) is 0 Å². The lowest BCUT2D eigenvalue weighted by molar-refractivity contribution is -0.0381. The van der Waals surface area contributed by atoms with Crippen molar-refractivity contribution in [3.8, 4) is 5.75 Å². The molecule has 88 valence electrons. The van der Waals surface area contributed by atoms with Gasteiger partial charge >= 0.3 is 0 Å². The van der Waals surface area contributed by atoms with Crippen LogP contribution >= 0.6 is 11.6 Å². The number of halogens is 1. The van der Waals surface area contributed by atoms with Gasteiger partial charge in [0.25, 0.3) is 0 Å². The molecule has 1 saturated heterocycles. The summed E-state index contributed by atoms with van der Waals surface area (Å²) in [6, 6.07) is 11.8. The Bertz CT molecular complexity index is 533. The lowest BCUT2D eigenvalue weighted by atomic mass is 10.1. The summed E-state index contributed by atoms with van der Waals surface area (Å²) in [5.74, 6) is 0.844. The van der Waals surface area contributed by atoms with Crippen LogP contribution in [0.2, 0.25) is 5.02 Å². The van der Waals surface area contributed by atoms with Crippen molar-refractivity contribution in [3.63, 3.8) is 0 Å².